The molecule has 0 saturated heterocycles. The van der Waals surface area contributed by atoms with Crippen molar-refractivity contribution in [2.45, 2.75) is 46.2 Å². The number of hydrogen-bond donors (Lipinski definition) is 2. The van der Waals surface area contributed by atoms with Gasteiger partial charge in [0.1, 0.15) is 0 Å². The van der Waals surface area contributed by atoms with Gasteiger partial charge in [-0.25, -0.2) is 0 Å². The van der Waals surface area contributed by atoms with E-state index < -0.39 is 0 Å². The Bertz CT molecular complexity index is 183. The van der Waals surface area contributed by atoms with E-state index in [2.05, 4.69) is 31.0 Å². The fraction of sp³-hybridized carbons (Fsp3) is 0.909. The van der Waals surface area contributed by atoms with Crippen LogP contribution in [0.5, 0.6) is 0 Å². The van der Waals surface area contributed by atoms with Gasteiger partial charge in [0.15, 0.2) is 0 Å². The van der Waals surface area contributed by atoms with Crippen molar-refractivity contribution in [3.05, 3.63) is 0 Å². The van der Waals surface area contributed by atoms with Gasteiger partial charge in [0, 0.05) is 12.6 Å². The minimum Gasteiger partial charge on any atom is -0.368 e. The highest BCUT2D eigenvalue weighted by atomic mass is 16.1. The van der Waals surface area contributed by atoms with E-state index in [0.717, 1.165) is 26.1 Å². The first-order valence-electron chi connectivity index (χ1n) is 5.79. The molecule has 90 valence electrons. The minimum absolute atomic E-state index is 0.192. The lowest BCUT2D eigenvalue weighted by Crippen LogP contribution is -2.44. The maximum atomic E-state index is 11.1. The van der Waals surface area contributed by atoms with Gasteiger partial charge in [-0.05, 0) is 33.4 Å². The largest absolute Gasteiger partial charge is 0.368 e. The number of nitrogens with one attached hydrogen (secondary N) is 1. The van der Waals surface area contributed by atoms with Crippen LogP contribution < -0.4 is 11.1 Å². The van der Waals surface area contributed by atoms with Crippen LogP contribution in [0.4, 0.5) is 0 Å². The van der Waals surface area contributed by atoms with Gasteiger partial charge >= 0.3 is 0 Å². The Balaban J connectivity index is 4.01. The lowest BCUT2D eigenvalue weighted by molar-refractivity contribution is -0.120. The Morgan fingerprint density at radius 1 is 1.40 bits per heavy atom. The lowest BCUT2D eigenvalue weighted by atomic mass is 10.1. The van der Waals surface area contributed by atoms with Crippen molar-refractivity contribution in [1.29, 1.82) is 0 Å². The first kappa shape index (κ1) is 14.4. The normalized spacial score (nSPS) is 13.5. The SMILES string of the molecule is CCNC(CCN(CC)C(C)C)C(N)=O. The molecule has 0 aromatic rings. The van der Waals surface area contributed by atoms with E-state index in [1.165, 1.54) is 0 Å². The summed E-state index contributed by atoms with van der Waals surface area (Å²) in [5.41, 5.74) is 5.31. The predicted molar refractivity (Wildman–Crippen MR) is 63.7 cm³/mol. The van der Waals surface area contributed by atoms with Crippen molar-refractivity contribution in [1.82, 2.24) is 10.2 Å². The fourth-order valence-corrected chi connectivity index (χ4v) is 1.67. The monoisotopic (exact) mass is 215 g/mol. The molecule has 1 unspecified atom stereocenters. The van der Waals surface area contributed by atoms with E-state index in [-0.39, 0.29) is 11.9 Å². The van der Waals surface area contributed by atoms with Gasteiger partial charge in [0.2, 0.25) is 5.91 Å². The Morgan fingerprint density at radius 2 is 2.00 bits per heavy atom. The summed E-state index contributed by atoms with van der Waals surface area (Å²) in [5, 5.41) is 3.10. The summed E-state index contributed by atoms with van der Waals surface area (Å²) in [7, 11) is 0. The molecule has 0 heterocycles. The van der Waals surface area contributed by atoms with Crippen LogP contribution in [0.25, 0.3) is 0 Å². The number of carbonyl (C=O) groups is 1. The van der Waals surface area contributed by atoms with Crippen LogP contribution in [0.2, 0.25) is 0 Å². The zero-order chi connectivity index (χ0) is 11.8. The summed E-state index contributed by atoms with van der Waals surface area (Å²) >= 11 is 0. The molecule has 0 fully saturated rings. The number of nitrogens with zero attached hydrogens (tertiary/aromatic N) is 1. The maximum absolute atomic E-state index is 11.1. The average molecular weight is 215 g/mol. The summed E-state index contributed by atoms with van der Waals surface area (Å²) in [4.78, 5) is 13.4. The topological polar surface area (TPSA) is 58.4 Å². The van der Waals surface area contributed by atoms with Gasteiger partial charge in [-0.15, -0.1) is 0 Å². The van der Waals surface area contributed by atoms with Crippen molar-refractivity contribution < 1.29 is 4.79 Å². The highest BCUT2D eigenvalue weighted by Gasteiger charge is 2.15. The van der Waals surface area contributed by atoms with E-state index in [1.54, 1.807) is 0 Å². The zero-order valence-corrected chi connectivity index (χ0v) is 10.4. The van der Waals surface area contributed by atoms with Crippen molar-refractivity contribution in [2.75, 3.05) is 19.6 Å². The molecule has 0 rings (SSSR count). The number of carbonyl (C=O) groups excluding carboxylic acids is 1. The molecule has 15 heavy (non-hydrogen) atoms. The molecule has 3 N–H and O–H groups in total. The van der Waals surface area contributed by atoms with Crippen molar-refractivity contribution in [3.63, 3.8) is 0 Å². The molecule has 0 saturated carbocycles. The first-order valence-corrected chi connectivity index (χ1v) is 5.79. The third-order valence-electron chi connectivity index (χ3n) is 2.64. The van der Waals surface area contributed by atoms with Gasteiger partial charge in [0.05, 0.1) is 6.04 Å². The fourth-order valence-electron chi connectivity index (χ4n) is 1.67. The summed E-state index contributed by atoms with van der Waals surface area (Å²) < 4.78 is 0. The number of amides is 1. The molecule has 4 nitrogen and oxygen atoms in total. The van der Waals surface area contributed by atoms with Crippen LogP contribution in [0.15, 0.2) is 0 Å². The Kier molecular flexibility index (Phi) is 7.34. The van der Waals surface area contributed by atoms with Gasteiger partial charge in [-0.1, -0.05) is 13.8 Å². The molecule has 1 atom stereocenters. The summed E-state index contributed by atoms with van der Waals surface area (Å²) in [6.45, 7) is 11.1. The third kappa shape index (κ3) is 5.74. The number of hydrogen-bond acceptors (Lipinski definition) is 3. The van der Waals surface area contributed by atoms with E-state index in [0.29, 0.717) is 6.04 Å². The van der Waals surface area contributed by atoms with Gasteiger partial charge in [-0.2, -0.15) is 0 Å². The molecule has 1 amide bonds. The van der Waals surface area contributed by atoms with Gasteiger partial charge < -0.3 is 16.0 Å². The summed E-state index contributed by atoms with van der Waals surface area (Å²) in [6.07, 6.45) is 0.787. The van der Waals surface area contributed by atoms with Crippen LogP contribution in [-0.2, 0) is 4.79 Å². The molecule has 0 aliphatic rings. The van der Waals surface area contributed by atoms with E-state index in [1.807, 2.05) is 6.92 Å². The standard InChI is InChI=1S/C11H25N3O/c1-5-13-10(11(12)15)7-8-14(6-2)9(3)4/h9-10,13H,5-8H2,1-4H3,(H2,12,15). The lowest BCUT2D eigenvalue weighted by Gasteiger charge is -2.26. The molecule has 0 aromatic carbocycles. The summed E-state index contributed by atoms with van der Waals surface area (Å²) in [5.74, 6) is -0.253. The molecule has 0 aromatic heterocycles. The smallest absolute Gasteiger partial charge is 0.234 e. The second-order valence-electron chi connectivity index (χ2n) is 4.02. The van der Waals surface area contributed by atoms with Crippen molar-refractivity contribution in [3.8, 4) is 0 Å². The van der Waals surface area contributed by atoms with Crippen LogP contribution in [0.3, 0.4) is 0 Å². The number of primary amides is 1. The van der Waals surface area contributed by atoms with Crippen LogP contribution in [-0.4, -0.2) is 42.5 Å². The second kappa shape index (κ2) is 7.65. The Morgan fingerprint density at radius 3 is 2.33 bits per heavy atom. The quantitative estimate of drug-likeness (QED) is 0.622. The van der Waals surface area contributed by atoms with Crippen LogP contribution in [0, 0.1) is 0 Å². The third-order valence-corrected chi connectivity index (χ3v) is 2.64. The van der Waals surface area contributed by atoms with Crippen molar-refractivity contribution >= 4 is 5.91 Å². The molecular formula is C11H25N3O. The van der Waals surface area contributed by atoms with Crippen molar-refractivity contribution in [2.24, 2.45) is 5.73 Å². The average Bonchev–Trinajstić information content (AvgIpc) is 2.16. The molecule has 0 spiro atoms. The first-order chi connectivity index (χ1) is 7.02. The number of likely N-dealkylation sites (N-methyl/N-ethyl adjacent to an activating group) is 1. The van der Waals surface area contributed by atoms with E-state index in [9.17, 15) is 4.79 Å². The number of rotatable bonds is 8. The number of nitrogens with two attached hydrogens (primary N) is 1. The van der Waals surface area contributed by atoms with Crippen LogP contribution >= 0.6 is 0 Å². The molecule has 0 bridgehead atoms. The zero-order valence-electron chi connectivity index (χ0n) is 10.4. The van der Waals surface area contributed by atoms with Gasteiger partial charge in [0.25, 0.3) is 0 Å². The highest BCUT2D eigenvalue weighted by molar-refractivity contribution is 5.79. The molecule has 0 radical (unpaired) electrons. The molecule has 0 aliphatic carbocycles. The highest BCUT2D eigenvalue weighted by Crippen LogP contribution is 2.01. The van der Waals surface area contributed by atoms with Crippen LogP contribution in [0.1, 0.15) is 34.1 Å². The molecular weight excluding hydrogens is 190 g/mol. The van der Waals surface area contributed by atoms with Gasteiger partial charge in [-0.3, -0.25) is 4.79 Å². The molecule has 0 aliphatic heterocycles. The summed E-state index contributed by atoms with van der Waals surface area (Å²) in [6, 6.07) is 0.327. The minimum atomic E-state index is -0.253. The Labute approximate surface area is 93.2 Å². The predicted octanol–water partition coefficient (Wildman–Crippen LogP) is 0.570. The second-order valence-corrected chi connectivity index (χ2v) is 4.02. The Hall–Kier alpha value is -0.610. The van der Waals surface area contributed by atoms with E-state index >= 15 is 0 Å². The van der Waals surface area contributed by atoms with E-state index in [4.69, 9.17) is 5.73 Å². The maximum Gasteiger partial charge on any atom is 0.234 e. The molecule has 4 heteroatoms.